The van der Waals surface area contributed by atoms with Gasteiger partial charge in [-0.3, -0.25) is 4.79 Å². The van der Waals surface area contributed by atoms with Crippen LogP contribution in [0.5, 0.6) is 0 Å². The van der Waals surface area contributed by atoms with Crippen molar-refractivity contribution < 1.29 is 14.6 Å². The monoisotopic (exact) mass is 397 g/mol. The van der Waals surface area contributed by atoms with E-state index in [-0.39, 0.29) is 12.6 Å². The van der Waals surface area contributed by atoms with E-state index in [1.165, 1.54) is 22.8 Å². The van der Waals surface area contributed by atoms with Crippen LogP contribution in [0.4, 0.5) is 0 Å². The van der Waals surface area contributed by atoms with Gasteiger partial charge in [0.05, 0.1) is 14.5 Å². The minimum absolute atomic E-state index is 0.211. The molecule has 3 aromatic carbocycles. The molecule has 0 saturated heterocycles. The average molecular weight is 397 g/mol. The van der Waals surface area contributed by atoms with E-state index in [0.29, 0.717) is 6.61 Å². The van der Waals surface area contributed by atoms with Crippen molar-refractivity contribution in [2.75, 3.05) is 13.2 Å². The molecule has 0 saturated carbocycles. The zero-order chi connectivity index (χ0) is 20.6. The lowest BCUT2D eigenvalue weighted by molar-refractivity contribution is -0.140. The molecule has 0 heterocycles. The van der Waals surface area contributed by atoms with E-state index < -0.39 is 7.92 Å². The summed E-state index contributed by atoms with van der Waals surface area (Å²) in [4.78, 5) is 9.82. The summed E-state index contributed by atoms with van der Waals surface area (Å²) in [5.41, 5.74) is 0. The molecule has 0 atom stereocenters. The molecule has 4 heteroatoms. The zero-order valence-electron chi connectivity index (χ0n) is 16.8. The number of aliphatic hydroxyl groups excluding tert-OH is 1. The standard InChI is InChI=1S/C18H15P.C4H8O2.C2H6O/c1-4-10-16(11-5-1)19(17-12-6-2-7-13-17)18-14-8-3-9-15-18;1-3-6-4(2)5;1-2-3/h1-15H;3H2,1-2H3;3H,2H2,1H3/p+1. The molecule has 0 aliphatic carbocycles. The SMILES string of the molecule is CCO.CCOC(C)=O.c1ccc([PH+](c2ccccc2)c2ccccc2)cc1. The number of esters is 1. The summed E-state index contributed by atoms with van der Waals surface area (Å²) in [6.45, 7) is 5.58. The van der Waals surface area contributed by atoms with Gasteiger partial charge in [0, 0.05) is 13.5 Å². The normalized spacial score (nSPS) is 9.46. The summed E-state index contributed by atoms with van der Waals surface area (Å²) in [5.74, 6) is -0.211. The van der Waals surface area contributed by atoms with Gasteiger partial charge in [0.25, 0.3) is 0 Å². The minimum Gasteiger partial charge on any atom is -0.466 e. The molecule has 0 fully saturated rings. The van der Waals surface area contributed by atoms with Gasteiger partial charge in [0.15, 0.2) is 0 Å². The highest BCUT2D eigenvalue weighted by atomic mass is 31.1. The van der Waals surface area contributed by atoms with Crippen LogP contribution in [-0.2, 0) is 9.53 Å². The quantitative estimate of drug-likeness (QED) is 0.539. The van der Waals surface area contributed by atoms with E-state index in [9.17, 15) is 4.79 Å². The molecule has 0 unspecified atom stereocenters. The van der Waals surface area contributed by atoms with Crippen molar-refractivity contribution in [1.82, 2.24) is 0 Å². The maximum Gasteiger partial charge on any atom is 0.302 e. The number of ether oxygens (including phenoxy) is 1. The van der Waals surface area contributed by atoms with E-state index in [2.05, 4.69) is 95.7 Å². The van der Waals surface area contributed by atoms with Crippen LogP contribution in [-0.4, -0.2) is 24.3 Å². The lowest BCUT2D eigenvalue weighted by atomic mass is 10.4. The van der Waals surface area contributed by atoms with Crippen LogP contribution in [0.2, 0.25) is 0 Å². The first-order valence-electron chi connectivity index (χ1n) is 9.41. The van der Waals surface area contributed by atoms with Crippen LogP contribution in [0.15, 0.2) is 91.0 Å². The van der Waals surface area contributed by atoms with Gasteiger partial charge in [-0.2, -0.15) is 0 Å². The summed E-state index contributed by atoms with van der Waals surface area (Å²) in [7, 11) is -0.877. The summed E-state index contributed by atoms with van der Waals surface area (Å²) >= 11 is 0. The van der Waals surface area contributed by atoms with Crippen LogP contribution in [0.3, 0.4) is 0 Å². The highest BCUT2D eigenvalue weighted by molar-refractivity contribution is 7.79. The van der Waals surface area contributed by atoms with Gasteiger partial charge in [0.1, 0.15) is 15.9 Å². The Morgan fingerprint density at radius 3 is 1.21 bits per heavy atom. The molecule has 1 N–H and O–H groups in total. The molecule has 0 amide bonds. The van der Waals surface area contributed by atoms with Crippen molar-refractivity contribution in [1.29, 1.82) is 0 Å². The third-order valence-electron chi connectivity index (χ3n) is 3.53. The largest absolute Gasteiger partial charge is 0.466 e. The Labute approximate surface area is 169 Å². The molecule has 3 nitrogen and oxygen atoms in total. The second-order valence-corrected chi connectivity index (χ2v) is 8.20. The number of benzene rings is 3. The van der Waals surface area contributed by atoms with E-state index in [4.69, 9.17) is 5.11 Å². The highest BCUT2D eigenvalue weighted by Crippen LogP contribution is 2.32. The Bertz CT molecular complexity index is 668. The maximum absolute atomic E-state index is 9.82. The number of rotatable bonds is 4. The van der Waals surface area contributed by atoms with Crippen molar-refractivity contribution in [3.8, 4) is 0 Å². The summed E-state index contributed by atoms with van der Waals surface area (Å²) in [6.07, 6.45) is 0. The van der Waals surface area contributed by atoms with Crippen LogP contribution in [0.25, 0.3) is 0 Å². The third kappa shape index (κ3) is 8.94. The van der Waals surface area contributed by atoms with Gasteiger partial charge in [-0.1, -0.05) is 54.6 Å². The van der Waals surface area contributed by atoms with Crippen molar-refractivity contribution in [3.05, 3.63) is 91.0 Å². The molecular formula is C24H30O3P+. The fourth-order valence-corrected chi connectivity index (χ4v) is 5.10. The van der Waals surface area contributed by atoms with Crippen molar-refractivity contribution in [2.45, 2.75) is 20.8 Å². The Morgan fingerprint density at radius 1 is 0.750 bits per heavy atom. The highest BCUT2D eigenvalue weighted by Gasteiger charge is 2.24. The predicted octanol–water partition coefficient (Wildman–Crippen LogP) is 3.75. The summed E-state index contributed by atoms with van der Waals surface area (Å²) in [5, 5.41) is 11.9. The Morgan fingerprint density at radius 2 is 1.04 bits per heavy atom. The fraction of sp³-hybridized carbons (Fsp3) is 0.208. The van der Waals surface area contributed by atoms with Crippen LogP contribution in [0, 0.1) is 0 Å². The van der Waals surface area contributed by atoms with Gasteiger partial charge < -0.3 is 9.84 Å². The first kappa shape index (κ1) is 23.6. The second-order valence-electron chi connectivity index (χ2n) is 5.71. The fourth-order valence-electron chi connectivity index (χ4n) is 2.52. The van der Waals surface area contributed by atoms with E-state index in [1.54, 1.807) is 13.8 Å². The number of aliphatic hydroxyl groups is 1. The van der Waals surface area contributed by atoms with Gasteiger partial charge in [0.2, 0.25) is 0 Å². The summed E-state index contributed by atoms with van der Waals surface area (Å²) < 4.78 is 4.40. The molecular weight excluding hydrogens is 367 g/mol. The Hall–Kier alpha value is -2.48. The molecule has 0 aliphatic rings. The van der Waals surface area contributed by atoms with Crippen LogP contribution in [0.1, 0.15) is 20.8 Å². The molecule has 0 aliphatic heterocycles. The number of carbonyl (C=O) groups is 1. The van der Waals surface area contributed by atoms with Crippen molar-refractivity contribution >= 4 is 29.8 Å². The number of hydrogen-bond donors (Lipinski definition) is 1. The van der Waals surface area contributed by atoms with Crippen molar-refractivity contribution in [2.24, 2.45) is 0 Å². The Kier molecular flexibility index (Phi) is 12.3. The van der Waals surface area contributed by atoms with Gasteiger partial charge >= 0.3 is 5.97 Å². The zero-order valence-corrected chi connectivity index (χ0v) is 17.8. The Balaban J connectivity index is 0.000000370. The lowest BCUT2D eigenvalue weighted by Gasteiger charge is -2.10. The lowest BCUT2D eigenvalue weighted by Crippen LogP contribution is -2.20. The van der Waals surface area contributed by atoms with Gasteiger partial charge in [-0.05, 0) is 50.2 Å². The topological polar surface area (TPSA) is 46.5 Å². The summed E-state index contributed by atoms with van der Waals surface area (Å²) in [6, 6.07) is 32.5. The minimum atomic E-state index is -0.877. The first-order valence-corrected chi connectivity index (χ1v) is 10.9. The van der Waals surface area contributed by atoms with Gasteiger partial charge in [-0.15, -0.1) is 0 Å². The van der Waals surface area contributed by atoms with E-state index in [1.807, 2.05) is 0 Å². The molecule has 28 heavy (non-hydrogen) atoms. The molecule has 0 spiro atoms. The molecule has 3 rings (SSSR count). The smallest absolute Gasteiger partial charge is 0.302 e. The molecule has 148 valence electrons. The third-order valence-corrected chi connectivity index (χ3v) is 6.27. The van der Waals surface area contributed by atoms with E-state index in [0.717, 1.165) is 0 Å². The average Bonchev–Trinajstić information content (AvgIpc) is 2.72. The molecule has 0 radical (unpaired) electrons. The predicted molar refractivity (Wildman–Crippen MR) is 122 cm³/mol. The van der Waals surface area contributed by atoms with E-state index >= 15 is 0 Å². The van der Waals surface area contributed by atoms with Crippen LogP contribution < -0.4 is 15.9 Å². The molecule has 0 aromatic heterocycles. The van der Waals surface area contributed by atoms with Gasteiger partial charge in [-0.25, -0.2) is 0 Å². The number of hydrogen-bond acceptors (Lipinski definition) is 3. The van der Waals surface area contributed by atoms with Crippen molar-refractivity contribution in [3.63, 3.8) is 0 Å². The number of carbonyl (C=O) groups excluding carboxylic acids is 1. The first-order chi connectivity index (χ1) is 13.6. The maximum atomic E-state index is 9.82. The molecule has 0 bridgehead atoms. The molecule has 3 aromatic rings. The second kappa shape index (κ2) is 14.6. The van der Waals surface area contributed by atoms with Crippen LogP contribution >= 0.6 is 7.92 Å².